The topological polar surface area (TPSA) is 100 Å². The highest BCUT2D eigenvalue weighted by molar-refractivity contribution is 6.01. The van der Waals surface area contributed by atoms with Crippen molar-refractivity contribution in [2.75, 3.05) is 13.7 Å². The van der Waals surface area contributed by atoms with Gasteiger partial charge in [-0.2, -0.15) is 5.10 Å². The van der Waals surface area contributed by atoms with Crippen molar-refractivity contribution in [3.63, 3.8) is 0 Å². The zero-order valence-electron chi connectivity index (χ0n) is 15.4. The van der Waals surface area contributed by atoms with Crippen LogP contribution in [0.5, 0.6) is 11.5 Å². The van der Waals surface area contributed by atoms with E-state index in [1.807, 2.05) is 6.92 Å². The van der Waals surface area contributed by atoms with Crippen LogP contribution < -0.4 is 20.0 Å². The van der Waals surface area contributed by atoms with Crippen LogP contribution in [0.15, 0.2) is 47.6 Å². The molecule has 0 aromatic heterocycles. The van der Waals surface area contributed by atoms with Crippen LogP contribution in [-0.4, -0.2) is 31.3 Å². The summed E-state index contributed by atoms with van der Waals surface area (Å²) < 4.78 is 10.5. The predicted octanol–water partition coefficient (Wildman–Crippen LogP) is 1.54. The van der Waals surface area contributed by atoms with E-state index < -0.39 is 5.97 Å². The largest absolute Gasteiger partial charge is 0.550 e. The number of nitrogens with one attached hydrogen (secondary N) is 1. The molecule has 0 radical (unpaired) electrons. The Hall–Kier alpha value is -3.35. The number of carbonyl (C=O) groups is 2. The summed E-state index contributed by atoms with van der Waals surface area (Å²) in [5.74, 6) is -0.425. The van der Waals surface area contributed by atoms with E-state index in [0.29, 0.717) is 40.5 Å². The van der Waals surface area contributed by atoms with Crippen LogP contribution in [0, 0.1) is 0 Å². The molecule has 2 aromatic carbocycles. The molecule has 2 aromatic rings. The van der Waals surface area contributed by atoms with Gasteiger partial charge in [0.15, 0.2) is 0 Å². The van der Waals surface area contributed by atoms with Crippen molar-refractivity contribution in [1.29, 1.82) is 0 Å². The lowest BCUT2D eigenvalue weighted by Crippen LogP contribution is -2.24. The van der Waals surface area contributed by atoms with Crippen LogP contribution in [-0.2, 0) is 11.2 Å². The molecule has 0 atom stereocenters. The lowest BCUT2D eigenvalue weighted by molar-refractivity contribution is -0.304. The van der Waals surface area contributed by atoms with E-state index in [2.05, 4.69) is 10.5 Å². The average molecular weight is 369 g/mol. The van der Waals surface area contributed by atoms with Crippen LogP contribution in [0.4, 0.5) is 0 Å². The summed E-state index contributed by atoms with van der Waals surface area (Å²) >= 11 is 0. The number of benzene rings is 2. The molecule has 7 heteroatoms. The standard InChI is InChI=1S/C20H22N2O5/c1-4-27-17-8-5-14(6-9-17)20(25)22-21-13(2)15-7-10-18(26-3)16(11-15)12-19(23)24/h5-11H,4,12H2,1-3H3,(H,22,25)(H,23,24)/p-1/b21-13-. The van der Waals surface area contributed by atoms with Crippen molar-refractivity contribution in [1.82, 2.24) is 5.43 Å². The highest BCUT2D eigenvalue weighted by Gasteiger charge is 2.09. The molecule has 1 amide bonds. The fourth-order valence-electron chi connectivity index (χ4n) is 2.43. The van der Waals surface area contributed by atoms with Crippen LogP contribution in [0.25, 0.3) is 0 Å². The number of hydrogen-bond acceptors (Lipinski definition) is 6. The molecule has 0 fully saturated rings. The second-order valence-corrected chi connectivity index (χ2v) is 5.67. The molecule has 0 aliphatic rings. The smallest absolute Gasteiger partial charge is 0.271 e. The molecule has 0 spiro atoms. The third-order valence-corrected chi connectivity index (χ3v) is 3.79. The number of carbonyl (C=O) groups excluding carboxylic acids is 2. The molecule has 2 rings (SSSR count). The van der Waals surface area contributed by atoms with E-state index in [0.717, 1.165) is 0 Å². The van der Waals surface area contributed by atoms with Gasteiger partial charge in [0, 0.05) is 23.5 Å². The maximum absolute atomic E-state index is 12.2. The zero-order chi connectivity index (χ0) is 19.8. The summed E-state index contributed by atoms with van der Waals surface area (Å²) in [6.07, 6.45) is -0.275. The summed E-state index contributed by atoms with van der Waals surface area (Å²) in [5, 5.41) is 15.0. The number of ether oxygens (including phenoxy) is 2. The summed E-state index contributed by atoms with van der Waals surface area (Å²) in [4.78, 5) is 23.1. The molecule has 7 nitrogen and oxygen atoms in total. The van der Waals surface area contributed by atoms with Gasteiger partial charge in [0.1, 0.15) is 11.5 Å². The monoisotopic (exact) mass is 369 g/mol. The highest BCUT2D eigenvalue weighted by atomic mass is 16.5. The van der Waals surface area contributed by atoms with Gasteiger partial charge in [0.25, 0.3) is 5.91 Å². The molecular formula is C20H21N2O5-. The van der Waals surface area contributed by atoms with Gasteiger partial charge in [-0.15, -0.1) is 0 Å². The fourth-order valence-corrected chi connectivity index (χ4v) is 2.43. The number of amides is 1. The number of rotatable bonds is 8. The van der Waals surface area contributed by atoms with E-state index in [4.69, 9.17) is 9.47 Å². The number of aliphatic carboxylic acids is 1. The average Bonchev–Trinajstić information content (AvgIpc) is 2.66. The Bertz CT molecular complexity index is 844. The van der Waals surface area contributed by atoms with Gasteiger partial charge >= 0.3 is 0 Å². The van der Waals surface area contributed by atoms with Crippen molar-refractivity contribution in [3.05, 3.63) is 59.2 Å². The summed E-state index contributed by atoms with van der Waals surface area (Å²) in [5.41, 5.74) is 4.60. The molecule has 0 saturated carbocycles. The number of methoxy groups -OCH3 is 1. The predicted molar refractivity (Wildman–Crippen MR) is 99.0 cm³/mol. The van der Waals surface area contributed by atoms with Crippen LogP contribution in [0.2, 0.25) is 0 Å². The van der Waals surface area contributed by atoms with Crippen LogP contribution in [0.3, 0.4) is 0 Å². The number of carboxylic acids is 1. The minimum absolute atomic E-state index is 0.275. The van der Waals surface area contributed by atoms with E-state index in [1.165, 1.54) is 7.11 Å². The Morgan fingerprint density at radius 2 is 1.78 bits per heavy atom. The molecule has 0 unspecified atom stereocenters. The minimum Gasteiger partial charge on any atom is -0.550 e. The molecule has 1 N–H and O–H groups in total. The lowest BCUT2D eigenvalue weighted by Gasteiger charge is -2.11. The number of carboxylic acid groups (broad SMARTS) is 1. The maximum atomic E-state index is 12.2. The number of nitrogens with zero attached hydrogens (tertiary/aromatic N) is 1. The van der Waals surface area contributed by atoms with Gasteiger partial charge in [-0.1, -0.05) is 0 Å². The first kappa shape index (κ1) is 20.0. The van der Waals surface area contributed by atoms with Crippen LogP contribution >= 0.6 is 0 Å². The Labute approximate surface area is 157 Å². The summed E-state index contributed by atoms with van der Waals surface area (Å²) in [6, 6.07) is 11.8. The van der Waals surface area contributed by atoms with E-state index >= 15 is 0 Å². The van der Waals surface area contributed by atoms with Crippen molar-refractivity contribution in [3.8, 4) is 11.5 Å². The third kappa shape index (κ3) is 5.57. The molecular weight excluding hydrogens is 348 g/mol. The van der Waals surface area contributed by atoms with Gasteiger partial charge in [0.05, 0.1) is 19.4 Å². The Morgan fingerprint density at radius 3 is 2.37 bits per heavy atom. The summed E-state index contributed by atoms with van der Waals surface area (Å²) in [7, 11) is 1.46. The van der Waals surface area contributed by atoms with Gasteiger partial charge in [-0.25, -0.2) is 5.43 Å². The maximum Gasteiger partial charge on any atom is 0.271 e. The van der Waals surface area contributed by atoms with Crippen molar-refractivity contribution in [2.24, 2.45) is 5.10 Å². The number of hydrogen-bond donors (Lipinski definition) is 1. The van der Waals surface area contributed by atoms with Crippen molar-refractivity contribution >= 4 is 17.6 Å². The number of hydrazone groups is 1. The second kappa shape index (κ2) is 9.38. The minimum atomic E-state index is -1.20. The first-order valence-corrected chi connectivity index (χ1v) is 8.39. The molecule has 27 heavy (non-hydrogen) atoms. The fraction of sp³-hybridized carbons (Fsp3) is 0.250. The normalized spacial score (nSPS) is 11.0. The van der Waals surface area contributed by atoms with E-state index in [9.17, 15) is 14.7 Å². The second-order valence-electron chi connectivity index (χ2n) is 5.67. The molecule has 0 aliphatic heterocycles. The first-order chi connectivity index (χ1) is 12.9. The van der Waals surface area contributed by atoms with E-state index in [-0.39, 0.29) is 12.3 Å². The van der Waals surface area contributed by atoms with Crippen LogP contribution in [0.1, 0.15) is 35.3 Å². The Balaban J connectivity index is 2.12. The van der Waals surface area contributed by atoms with E-state index in [1.54, 1.807) is 49.4 Å². The van der Waals surface area contributed by atoms with Gasteiger partial charge in [-0.05, 0) is 61.9 Å². The zero-order valence-corrected chi connectivity index (χ0v) is 15.4. The van der Waals surface area contributed by atoms with Gasteiger partial charge in [-0.3, -0.25) is 4.79 Å². The first-order valence-electron chi connectivity index (χ1n) is 8.39. The van der Waals surface area contributed by atoms with Crippen molar-refractivity contribution in [2.45, 2.75) is 20.3 Å². The Morgan fingerprint density at radius 1 is 1.11 bits per heavy atom. The Kier molecular flexibility index (Phi) is 6.93. The summed E-state index contributed by atoms with van der Waals surface area (Å²) in [6.45, 7) is 4.15. The molecule has 142 valence electrons. The quantitative estimate of drug-likeness (QED) is 0.562. The lowest BCUT2D eigenvalue weighted by atomic mass is 10.0. The molecule has 0 aliphatic carbocycles. The van der Waals surface area contributed by atoms with Crippen molar-refractivity contribution < 1.29 is 24.2 Å². The molecule has 0 saturated heterocycles. The SMILES string of the molecule is CCOc1ccc(C(=O)N/N=C(/C)c2ccc(OC)c(CC(=O)[O-])c2)cc1. The molecule has 0 heterocycles. The highest BCUT2D eigenvalue weighted by Crippen LogP contribution is 2.21. The molecule has 0 bridgehead atoms. The van der Waals surface area contributed by atoms with Gasteiger partial charge < -0.3 is 19.4 Å². The third-order valence-electron chi connectivity index (χ3n) is 3.79. The van der Waals surface area contributed by atoms with Gasteiger partial charge in [0.2, 0.25) is 0 Å².